The van der Waals surface area contributed by atoms with Crippen molar-refractivity contribution in [3.8, 4) is 0 Å². The fourth-order valence-corrected chi connectivity index (χ4v) is 2.37. The van der Waals surface area contributed by atoms with Crippen molar-refractivity contribution in [2.75, 3.05) is 5.73 Å². The zero-order valence-electron chi connectivity index (χ0n) is 6.25. The normalized spacial score (nSPS) is 10.8. The van der Waals surface area contributed by atoms with Crippen LogP contribution in [0.5, 0.6) is 0 Å². The molecule has 1 heterocycles. The Morgan fingerprint density at radius 1 is 1.50 bits per heavy atom. The van der Waals surface area contributed by atoms with Gasteiger partial charge in [-0.05, 0) is 11.6 Å². The molecule has 2 nitrogen and oxygen atoms in total. The summed E-state index contributed by atoms with van der Waals surface area (Å²) >= 11 is 4.94. The molecule has 12 heavy (non-hydrogen) atoms. The molecule has 0 saturated carbocycles. The lowest BCUT2D eigenvalue weighted by molar-refractivity contribution is 1.41. The van der Waals surface area contributed by atoms with Crippen LogP contribution in [0, 0.1) is 0 Å². The Hall–Kier alpha value is -0.610. The molecule has 0 unspecified atom stereocenters. The van der Waals surface area contributed by atoms with E-state index in [4.69, 9.17) is 5.73 Å². The molecule has 2 aromatic rings. The molecule has 0 aliphatic heterocycles. The molecule has 4 heteroatoms. The van der Waals surface area contributed by atoms with Gasteiger partial charge in [-0.1, -0.05) is 39.4 Å². The van der Waals surface area contributed by atoms with E-state index in [0.29, 0.717) is 5.13 Å². The van der Waals surface area contributed by atoms with Gasteiger partial charge < -0.3 is 5.73 Å². The van der Waals surface area contributed by atoms with Gasteiger partial charge >= 0.3 is 0 Å². The van der Waals surface area contributed by atoms with Gasteiger partial charge in [0.15, 0.2) is 5.13 Å². The summed E-state index contributed by atoms with van der Waals surface area (Å²) in [6.07, 6.45) is 0. The van der Waals surface area contributed by atoms with E-state index in [1.807, 2.05) is 12.1 Å². The maximum absolute atomic E-state index is 5.61. The highest BCUT2D eigenvalue weighted by Gasteiger charge is 2.03. The summed E-state index contributed by atoms with van der Waals surface area (Å²) in [5, 5.41) is 1.46. The first-order chi connectivity index (χ1) is 5.81. The zero-order valence-corrected chi connectivity index (χ0v) is 8.65. The molecule has 62 valence electrons. The molecular weight excluding hydrogens is 236 g/mol. The Balaban J connectivity index is 2.78. The van der Waals surface area contributed by atoms with Crippen LogP contribution in [-0.4, -0.2) is 4.98 Å². The van der Waals surface area contributed by atoms with E-state index in [9.17, 15) is 0 Å². The quantitative estimate of drug-likeness (QED) is 0.782. The highest BCUT2D eigenvalue weighted by Crippen LogP contribution is 2.27. The van der Waals surface area contributed by atoms with Gasteiger partial charge in [0.1, 0.15) is 0 Å². The third-order valence-electron chi connectivity index (χ3n) is 1.66. The molecule has 2 rings (SSSR count). The van der Waals surface area contributed by atoms with Crippen LogP contribution in [0.2, 0.25) is 0 Å². The predicted molar refractivity (Wildman–Crippen MR) is 56.7 cm³/mol. The number of benzene rings is 1. The molecular formula is C8H7BrN2S. The van der Waals surface area contributed by atoms with Crippen LogP contribution in [-0.2, 0) is 5.33 Å². The van der Waals surface area contributed by atoms with Crippen molar-refractivity contribution in [1.82, 2.24) is 4.98 Å². The SMILES string of the molecule is Nc1nc2c(CBr)cccc2s1. The first-order valence-corrected chi connectivity index (χ1v) is 5.45. The van der Waals surface area contributed by atoms with Gasteiger partial charge in [0.05, 0.1) is 10.2 Å². The van der Waals surface area contributed by atoms with E-state index >= 15 is 0 Å². The number of thiazole rings is 1. The van der Waals surface area contributed by atoms with Gasteiger partial charge in [0.25, 0.3) is 0 Å². The monoisotopic (exact) mass is 242 g/mol. The number of halogens is 1. The molecule has 2 N–H and O–H groups in total. The van der Waals surface area contributed by atoms with Crippen LogP contribution in [0.1, 0.15) is 5.56 Å². The first-order valence-electron chi connectivity index (χ1n) is 3.51. The Morgan fingerprint density at radius 2 is 2.33 bits per heavy atom. The Kier molecular flexibility index (Phi) is 2.02. The molecule has 1 aromatic carbocycles. The van der Waals surface area contributed by atoms with Gasteiger partial charge in [-0.25, -0.2) is 4.98 Å². The summed E-state index contributed by atoms with van der Waals surface area (Å²) in [4.78, 5) is 4.25. The average molecular weight is 243 g/mol. The summed E-state index contributed by atoms with van der Waals surface area (Å²) in [5.41, 5.74) is 7.83. The Bertz CT molecular complexity index is 410. The van der Waals surface area contributed by atoms with Crippen molar-refractivity contribution in [2.24, 2.45) is 0 Å². The van der Waals surface area contributed by atoms with Crippen LogP contribution in [0.4, 0.5) is 5.13 Å². The fraction of sp³-hybridized carbons (Fsp3) is 0.125. The number of nitrogens with zero attached hydrogens (tertiary/aromatic N) is 1. The summed E-state index contributed by atoms with van der Waals surface area (Å²) in [7, 11) is 0. The maximum Gasteiger partial charge on any atom is 0.181 e. The van der Waals surface area contributed by atoms with Gasteiger partial charge in [0.2, 0.25) is 0 Å². The maximum atomic E-state index is 5.61. The second-order valence-corrected chi connectivity index (χ2v) is 4.07. The summed E-state index contributed by atoms with van der Waals surface area (Å²) in [6, 6.07) is 6.11. The molecule has 1 aromatic heterocycles. The van der Waals surface area contributed by atoms with Crippen LogP contribution in [0.3, 0.4) is 0 Å². The molecule has 0 bridgehead atoms. The Morgan fingerprint density at radius 3 is 3.08 bits per heavy atom. The lowest BCUT2D eigenvalue weighted by atomic mass is 10.2. The summed E-state index contributed by atoms with van der Waals surface area (Å²) in [5.74, 6) is 0. The number of nitrogen functional groups attached to an aromatic ring is 1. The van der Waals surface area contributed by atoms with Gasteiger partial charge in [-0.3, -0.25) is 0 Å². The smallest absolute Gasteiger partial charge is 0.181 e. The molecule has 0 aliphatic carbocycles. The highest BCUT2D eigenvalue weighted by atomic mass is 79.9. The van der Waals surface area contributed by atoms with Crippen molar-refractivity contribution in [2.45, 2.75) is 5.33 Å². The number of nitrogens with two attached hydrogens (primary N) is 1. The van der Waals surface area contributed by atoms with E-state index in [1.165, 1.54) is 16.9 Å². The number of anilines is 1. The zero-order chi connectivity index (χ0) is 8.55. The molecule has 0 saturated heterocycles. The summed E-state index contributed by atoms with van der Waals surface area (Å²) < 4.78 is 1.16. The van der Waals surface area contributed by atoms with Crippen molar-refractivity contribution < 1.29 is 0 Å². The minimum Gasteiger partial charge on any atom is -0.375 e. The number of fused-ring (bicyclic) bond motifs is 1. The predicted octanol–water partition coefficient (Wildman–Crippen LogP) is 2.77. The van der Waals surface area contributed by atoms with Gasteiger partial charge in [0, 0.05) is 5.33 Å². The third kappa shape index (κ3) is 1.21. The van der Waals surface area contributed by atoms with E-state index in [-0.39, 0.29) is 0 Å². The molecule has 0 amide bonds. The summed E-state index contributed by atoms with van der Waals surface area (Å²) in [6.45, 7) is 0. The molecule has 0 atom stereocenters. The second kappa shape index (κ2) is 3.03. The lowest BCUT2D eigenvalue weighted by Gasteiger charge is -1.94. The van der Waals surface area contributed by atoms with Crippen molar-refractivity contribution in [3.05, 3.63) is 23.8 Å². The standard InChI is InChI=1S/C8H7BrN2S/c9-4-5-2-1-3-6-7(5)11-8(10)12-6/h1-3H,4H2,(H2,10,11). The van der Waals surface area contributed by atoms with Crippen molar-refractivity contribution in [3.63, 3.8) is 0 Å². The largest absolute Gasteiger partial charge is 0.375 e. The number of rotatable bonds is 1. The lowest BCUT2D eigenvalue weighted by Crippen LogP contribution is -1.82. The highest BCUT2D eigenvalue weighted by molar-refractivity contribution is 9.08. The number of para-hydroxylation sites is 1. The van der Waals surface area contributed by atoms with Gasteiger partial charge in [-0.15, -0.1) is 0 Å². The minimum atomic E-state index is 0.637. The number of aromatic nitrogens is 1. The molecule has 0 radical (unpaired) electrons. The number of hydrogen-bond acceptors (Lipinski definition) is 3. The van der Waals surface area contributed by atoms with Crippen LogP contribution < -0.4 is 5.73 Å². The van der Waals surface area contributed by atoms with Crippen LogP contribution >= 0.6 is 27.3 Å². The fourth-order valence-electron chi connectivity index (χ4n) is 1.13. The molecule has 0 spiro atoms. The van der Waals surface area contributed by atoms with Crippen LogP contribution in [0.15, 0.2) is 18.2 Å². The number of hydrogen-bond donors (Lipinski definition) is 1. The minimum absolute atomic E-state index is 0.637. The van der Waals surface area contributed by atoms with Crippen molar-refractivity contribution in [1.29, 1.82) is 0 Å². The van der Waals surface area contributed by atoms with Crippen molar-refractivity contribution >= 4 is 42.6 Å². The number of alkyl halides is 1. The van der Waals surface area contributed by atoms with E-state index in [0.717, 1.165) is 15.5 Å². The topological polar surface area (TPSA) is 38.9 Å². The van der Waals surface area contributed by atoms with Gasteiger partial charge in [-0.2, -0.15) is 0 Å². The second-order valence-electron chi connectivity index (χ2n) is 2.45. The first kappa shape index (κ1) is 8.01. The van der Waals surface area contributed by atoms with E-state index < -0.39 is 0 Å². The van der Waals surface area contributed by atoms with Crippen LogP contribution in [0.25, 0.3) is 10.2 Å². The molecule has 0 aliphatic rings. The molecule has 0 fully saturated rings. The van der Waals surface area contributed by atoms with E-state index in [2.05, 4.69) is 27.0 Å². The third-order valence-corrected chi connectivity index (χ3v) is 3.12. The Labute approximate surface area is 82.5 Å². The van der Waals surface area contributed by atoms with E-state index in [1.54, 1.807) is 0 Å². The average Bonchev–Trinajstić information content (AvgIpc) is 2.44.